The third-order valence-electron chi connectivity index (χ3n) is 16.5. The van der Waals surface area contributed by atoms with Crippen molar-refractivity contribution in [1.29, 1.82) is 0 Å². The van der Waals surface area contributed by atoms with E-state index in [4.69, 9.17) is 17.2 Å². The Morgan fingerprint density at radius 1 is 0.533 bits per heavy atom. The molecule has 4 aromatic rings. The van der Waals surface area contributed by atoms with E-state index in [2.05, 4.69) is 130 Å². The van der Waals surface area contributed by atoms with Gasteiger partial charge < -0.3 is 9.31 Å². The number of aryl methyl sites for hydroxylation is 4. The van der Waals surface area contributed by atoms with Crippen LogP contribution in [0.15, 0.2) is 60.7 Å². The van der Waals surface area contributed by atoms with Crippen molar-refractivity contribution in [2.45, 2.75) is 194 Å². The molecule has 1 saturated heterocycles. The summed E-state index contributed by atoms with van der Waals surface area (Å²) >= 11 is 0. The van der Waals surface area contributed by atoms with Crippen molar-refractivity contribution in [1.82, 2.24) is 0 Å². The second kappa shape index (κ2) is 16.9. The summed E-state index contributed by atoms with van der Waals surface area (Å²) in [7, 11) is 6.03. The zero-order valence-electron chi connectivity index (χ0n) is 39.2. The Bertz CT molecular complexity index is 2120. The lowest BCUT2D eigenvalue weighted by Crippen LogP contribution is -2.43. The van der Waals surface area contributed by atoms with Crippen LogP contribution in [0, 0.1) is 39.5 Å². The first-order chi connectivity index (χ1) is 28.6. The van der Waals surface area contributed by atoms with Crippen LogP contribution < -0.4 is 10.9 Å². The van der Waals surface area contributed by atoms with E-state index in [0.717, 1.165) is 22.8 Å². The van der Waals surface area contributed by atoms with Gasteiger partial charge in [0.2, 0.25) is 0 Å². The van der Waals surface area contributed by atoms with Gasteiger partial charge in [-0.3, -0.25) is 0 Å². The van der Waals surface area contributed by atoms with E-state index in [1.165, 1.54) is 158 Å². The lowest BCUT2D eigenvalue weighted by atomic mass is 9.55. The number of hydrogen-bond acceptors (Lipinski definition) is 2. The molecular weight excluding hydrogens is 726 g/mol. The molecule has 0 bridgehead atoms. The maximum absolute atomic E-state index is 6.55. The SMILES string of the molecule is [B]c1cc(C)c(-c2ccc3c(c2)C24CC(CCCCCCC)CC2(CC(CCCCCCC)C4)c2cc(-c4c(C)cc(B5OC(C)(C)C(C)(C)O5)cc4C)ccc2-3)c(C)c1. The normalized spacial score (nSPS) is 24.7. The van der Waals surface area contributed by atoms with Crippen LogP contribution in [0.5, 0.6) is 0 Å². The summed E-state index contributed by atoms with van der Waals surface area (Å²) in [5, 5.41) is 0. The van der Waals surface area contributed by atoms with E-state index in [1.54, 1.807) is 11.1 Å². The molecule has 60 heavy (non-hydrogen) atoms. The van der Waals surface area contributed by atoms with E-state index in [1.807, 2.05) is 0 Å². The number of fused-ring (bicyclic) bond motifs is 3. The highest BCUT2D eigenvalue weighted by Gasteiger charge is 2.66. The summed E-state index contributed by atoms with van der Waals surface area (Å²) in [6.07, 6.45) is 21.6. The fourth-order valence-corrected chi connectivity index (χ4v) is 13.2. The molecule has 4 aromatic carbocycles. The molecule has 3 aliphatic carbocycles. The lowest BCUT2D eigenvalue weighted by Gasteiger charge is -2.48. The molecule has 1 aliphatic heterocycles. The van der Waals surface area contributed by atoms with Crippen LogP contribution in [-0.4, -0.2) is 26.2 Å². The molecule has 316 valence electrons. The Labute approximate surface area is 367 Å². The molecule has 0 amide bonds. The van der Waals surface area contributed by atoms with Gasteiger partial charge in [-0.2, -0.15) is 0 Å². The van der Waals surface area contributed by atoms with Crippen molar-refractivity contribution in [2.75, 3.05) is 0 Å². The van der Waals surface area contributed by atoms with Crippen molar-refractivity contribution in [3.8, 4) is 33.4 Å². The van der Waals surface area contributed by atoms with E-state index in [-0.39, 0.29) is 29.2 Å². The number of rotatable bonds is 15. The molecule has 0 aromatic heterocycles. The fraction of sp³-hybridized carbons (Fsp3) is 0.571. The minimum atomic E-state index is -0.366. The Morgan fingerprint density at radius 3 is 1.32 bits per heavy atom. The highest BCUT2D eigenvalue weighted by atomic mass is 16.7. The molecule has 0 spiro atoms. The molecule has 4 heteroatoms. The molecule has 2 atom stereocenters. The molecule has 0 N–H and O–H groups in total. The van der Waals surface area contributed by atoms with Gasteiger partial charge in [-0.15, -0.1) is 0 Å². The third-order valence-corrected chi connectivity index (χ3v) is 16.5. The monoisotopic (exact) mass is 801 g/mol. The van der Waals surface area contributed by atoms with Crippen LogP contribution in [0.2, 0.25) is 0 Å². The van der Waals surface area contributed by atoms with Crippen molar-refractivity contribution >= 4 is 25.9 Å². The van der Waals surface area contributed by atoms with Crippen LogP contribution in [0.25, 0.3) is 33.4 Å². The lowest BCUT2D eigenvalue weighted by molar-refractivity contribution is 0.00578. The highest BCUT2D eigenvalue weighted by Crippen LogP contribution is 2.73. The summed E-state index contributed by atoms with van der Waals surface area (Å²) in [5.41, 5.74) is 18.4. The second-order valence-corrected chi connectivity index (χ2v) is 21.3. The van der Waals surface area contributed by atoms with Crippen LogP contribution in [0.3, 0.4) is 0 Å². The molecule has 2 nitrogen and oxygen atoms in total. The minimum Gasteiger partial charge on any atom is -0.399 e. The van der Waals surface area contributed by atoms with Crippen molar-refractivity contribution in [3.63, 3.8) is 0 Å². The molecule has 2 radical (unpaired) electrons. The molecular formula is C56H74B2O2. The average Bonchev–Trinajstić information content (AvgIpc) is 3.76. The summed E-state index contributed by atoms with van der Waals surface area (Å²) in [6, 6.07) is 24.3. The zero-order chi connectivity index (χ0) is 42.6. The topological polar surface area (TPSA) is 18.5 Å². The van der Waals surface area contributed by atoms with E-state index in [9.17, 15) is 0 Å². The van der Waals surface area contributed by atoms with Crippen molar-refractivity contribution in [3.05, 3.63) is 94.0 Å². The molecule has 8 rings (SSSR count). The van der Waals surface area contributed by atoms with Crippen LogP contribution >= 0.6 is 0 Å². The van der Waals surface area contributed by atoms with Crippen molar-refractivity contribution in [2.24, 2.45) is 11.8 Å². The summed E-state index contributed by atoms with van der Waals surface area (Å²) in [4.78, 5) is 0. The standard InChI is InChI=1S/C56H74B2O2/c1-11-13-15-17-19-21-41-33-55-34-42(22-20-18-16-14-12-2)36-56(55,35-41)50-32-44(52-39(5)29-46(30-40(52)6)58-59-53(7,8)54(9,10)60-58)24-26-48(50)47-25-23-43(31-49(47)55)51-37(3)27-45(57)28-38(51)4/h23-32,41-42H,11-22,33-36H2,1-10H3. The van der Waals surface area contributed by atoms with Gasteiger partial charge in [0.1, 0.15) is 7.85 Å². The fourth-order valence-electron chi connectivity index (χ4n) is 13.2. The Balaban J connectivity index is 1.26. The van der Waals surface area contributed by atoms with Gasteiger partial charge in [-0.1, -0.05) is 145 Å². The molecule has 1 heterocycles. The molecule has 2 saturated carbocycles. The number of hydrogen-bond donors (Lipinski definition) is 0. The Hall–Kier alpha value is -3.07. The first-order valence-corrected chi connectivity index (χ1v) is 24.3. The van der Waals surface area contributed by atoms with Gasteiger partial charge in [0.15, 0.2) is 0 Å². The number of unbranched alkanes of at least 4 members (excludes halogenated alkanes) is 8. The number of benzene rings is 4. The summed E-state index contributed by atoms with van der Waals surface area (Å²) in [5.74, 6) is 1.51. The van der Waals surface area contributed by atoms with Crippen LogP contribution in [0.1, 0.15) is 178 Å². The van der Waals surface area contributed by atoms with Gasteiger partial charge in [-0.25, -0.2) is 0 Å². The van der Waals surface area contributed by atoms with Gasteiger partial charge >= 0.3 is 7.12 Å². The van der Waals surface area contributed by atoms with Crippen molar-refractivity contribution < 1.29 is 9.31 Å². The first kappa shape index (κ1) is 43.6. The summed E-state index contributed by atoms with van der Waals surface area (Å²) < 4.78 is 13.1. The first-order valence-electron chi connectivity index (χ1n) is 24.3. The predicted molar refractivity (Wildman–Crippen MR) is 258 cm³/mol. The second-order valence-electron chi connectivity index (χ2n) is 21.3. The van der Waals surface area contributed by atoms with Gasteiger partial charge in [0.25, 0.3) is 0 Å². The maximum atomic E-state index is 6.55. The van der Waals surface area contributed by atoms with Crippen LogP contribution in [0.4, 0.5) is 0 Å². The maximum Gasteiger partial charge on any atom is 0.494 e. The minimum absolute atomic E-state index is 0.141. The van der Waals surface area contributed by atoms with Gasteiger partial charge in [0, 0.05) is 10.8 Å². The quantitative estimate of drug-likeness (QED) is 0.0881. The van der Waals surface area contributed by atoms with E-state index < -0.39 is 0 Å². The van der Waals surface area contributed by atoms with E-state index in [0.29, 0.717) is 0 Å². The molecule has 4 aliphatic rings. The van der Waals surface area contributed by atoms with Gasteiger partial charge in [-0.05, 0) is 177 Å². The van der Waals surface area contributed by atoms with Gasteiger partial charge in [0.05, 0.1) is 11.2 Å². The van der Waals surface area contributed by atoms with E-state index >= 15 is 0 Å². The molecule has 2 unspecified atom stereocenters. The highest BCUT2D eigenvalue weighted by molar-refractivity contribution is 6.62. The Kier molecular flexibility index (Phi) is 12.3. The zero-order valence-corrected chi connectivity index (χ0v) is 39.2. The smallest absolute Gasteiger partial charge is 0.399 e. The average molecular weight is 801 g/mol. The predicted octanol–water partition coefficient (Wildman–Crippen LogP) is 14.0. The molecule has 3 fully saturated rings. The van der Waals surface area contributed by atoms with Crippen LogP contribution in [-0.2, 0) is 20.1 Å². The Morgan fingerprint density at radius 2 is 0.917 bits per heavy atom. The largest absolute Gasteiger partial charge is 0.494 e. The third kappa shape index (κ3) is 7.61. The summed E-state index contributed by atoms with van der Waals surface area (Å²) in [6.45, 7) is 22.3.